The Morgan fingerprint density at radius 1 is 1.36 bits per heavy atom. The molecule has 14 heavy (non-hydrogen) atoms. The van der Waals surface area contributed by atoms with E-state index in [4.69, 9.17) is 11.5 Å². The van der Waals surface area contributed by atoms with Gasteiger partial charge in [-0.3, -0.25) is 9.59 Å². The van der Waals surface area contributed by atoms with Gasteiger partial charge in [0, 0.05) is 5.56 Å². The van der Waals surface area contributed by atoms with Gasteiger partial charge in [-0.1, -0.05) is 0 Å². The number of benzene rings is 1. The number of phenols is 1. The van der Waals surface area contributed by atoms with Gasteiger partial charge in [-0.15, -0.1) is 0 Å². The molecule has 1 amide bonds. The normalized spacial score (nSPS) is 9.79. The van der Waals surface area contributed by atoms with E-state index < -0.39 is 5.91 Å². The first-order chi connectivity index (χ1) is 6.43. The Morgan fingerprint density at radius 3 is 2.36 bits per heavy atom. The predicted molar refractivity (Wildman–Crippen MR) is 51.0 cm³/mol. The molecule has 0 saturated carbocycles. The van der Waals surface area contributed by atoms with Gasteiger partial charge in [0.2, 0.25) is 0 Å². The summed E-state index contributed by atoms with van der Waals surface area (Å²) in [5.74, 6) is -1.46. The lowest BCUT2D eigenvalue weighted by Crippen LogP contribution is -2.13. The Morgan fingerprint density at radius 2 is 1.93 bits per heavy atom. The summed E-state index contributed by atoms with van der Waals surface area (Å²) in [5, 5.41) is 9.34. The van der Waals surface area contributed by atoms with E-state index in [1.165, 1.54) is 19.1 Å². The van der Waals surface area contributed by atoms with E-state index >= 15 is 0 Å². The fourth-order valence-corrected chi connectivity index (χ4v) is 1.05. The van der Waals surface area contributed by atoms with E-state index in [-0.39, 0.29) is 28.3 Å². The van der Waals surface area contributed by atoms with Gasteiger partial charge in [-0.2, -0.15) is 0 Å². The van der Waals surface area contributed by atoms with Crippen molar-refractivity contribution in [1.82, 2.24) is 0 Å². The molecule has 1 aromatic rings. The van der Waals surface area contributed by atoms with Gasteiger partial charge in [-0.25, -0.2) is 0 Å². The molecule has 0 aliphatic heterocycles. The van der Waals surface area contributed by atoms with Gasteiger partial charge in [0.25, 0.3) is 5.91 Å². The Bertz CT molecular complexity index is 413. The molecule has 5 nitrogen and oxygen atoms in total. The highest BCUT2D eigenvalue weighted by Crippen LogP contribution is 2.26. The van der Waals surface area contributed by atoms with Crippen molar-refractivity contribution < 1.29 is 14.7 Å². The first kappa shape index (κ1) is 10.0. The Kier molecular flexibility index (Phi) is 2.42. The zero-order valence-corrected chi connectivity index (χ0v) is 7.57. The lowest BCUT2D eigenvalue weighted by Gasteiger charge is -2.05. The molecular formula is C9H10N2O3. The number of rotatable bonds is 2. The second kappa shape index (κ2) is 3.37. The quantitative estimate of drug-likeness (QED) is 0.357. The van der Waals surface area contributed by atoms with Crippen LogP contribution in [-0.4, -0.2) is 16.8 Å². The highest BCUT2D eigenvalue weighted by atomic mass is 16.3. The van der Waals surface area contributed by atoms with Crippen molar-refractivity contribution in [3.8, 4) is 5.75 Å². The third-order valence-corrected chi connectivity index (χ3v) is 1.81. The van der Waals surface area contributed by atoms with Crippen molar-refractivity contribution in [2.45, 2.75) is 6.92 Å². The first-order valence-electron chi connectivity index (χ1n) is 3.86. The van der Waals surface area contributed by atoms with E-state index in [1.807, 2.05) is 0 Å². The molecule has 5 N–H and O–H groups in total. The topological polar surface area (TPSA) is 106 Å². The lowest BCUT2D eigenvalue weighted by molar-refractivity contribution is 0.0997. The second-order valence-corrected chi connectivity index (χ2v) is 2.88. The highest BCUT2D eigenvalue weighted by Gasteiger charge is 2.13. The number of ketones is 1. The van der Waals surface area contributed by atoms with E-state index in [1.54, 1.807) is 0 Å². The van der Waals surface area contributed by atoms with Crippen LogP contribution in [0.3, 0.4) is 0 Å². The Balaban J connectivity index is 3.43. The zero-order valence-electron chi connectivity index (χ0n) is 7.57. The molecule has 5 heteroatoms. The number of Topliss-reactive ketones (excluding diaryl/α,β-unsaturated/α-hetero) is 1. The maximum atomic E-state index is 11.0. The average Bonchev–Trinajstić information content (AvgIpc) is 2.08. The minimum Gasteiger partial charge on any atom is -0.505 e. The highest BCUT2D eigenvalue weighted by molar-refractivity contribution is 6.02. The molecular weight excluding hydrogens is 184 g/mol. The van der Waals surface area contributed by atoms with Gasteiger partial charge < -0.3 is 16.6 Å². The molecule has 0 fully saturated rings. The van der Waals surface area contributed by atoms with Crippen molar-refractivity contribution in [1.29, 1.82) is 0 Å². The number of carbonyl (C=O) groups excluding carboxylic acids is 2. The third kappa shape index (κ3) is 1.66. The molecule has 0 aliphatic rings. The van der Waals surface area contributed by atoms with Gasteiger partial charge in [0.1, 0.15) is 0 Å². The number of carbonyl (C=O) groups is 2. The minimum absolute atomic E-state index is 0.0356. The molecule has 0 aliphatic carbocycles. The molecule has 0 aromatic heterocycles. The standard InChI is InChI=1S/C9H10N2O3/c1-4(12)5-2-6(9(11)14)8(13)7(10)3-5/h2-3,13H,10H2,1H3,(H2,11,14). The van der Waals surface area contributed by atoms with Crippen molar-refractivity contribution in [3.05, 3.63) is 23.3 Å². The van der Waals surface area contributed by atoms with E-state index in [9.17, 15) is 14.7 Å². The molecule has 74 valence electrons. The fourth-order valence-electron chi connectivity index (χ4n) is 1.05. The van der Waals surface area contributed by atoms with Crippen LogP contribution in [0.15, 0.2) is 12.1 Å². The van der Waals surface area contributed by atoms with Crippen LogP contribution in [0.5, 0.6) is 5.75 Å². The number of primary amides is 1. The summed E-state index contributed by atoms with van der Waals surface area (Å²) < 4.78 is 0. The van der Waals surface area contributed by atoms with Crippen LogP contribution < -0.4 is 11.5 Å². The number of hydrogen-bond donors (Lipinski definition) is 3. The average molecular weight is 194 g/mol. The predicted octanol–water partition coefficient (Wildman–Crippen LogP) is 0.276. The smallest absolute Gasteiger partial charge is 0.252 e. The third-order valence-electron chi connectivity index (χ3n) is 1.81. The SMILES string of the molecule is CC(=O)c1cc(N)c(O)c(C(N)=O)c1. The maximum absolute atomic E-state index is 11.0. The number of anilines is 1. The summed E-state index contributed by atoms with van der Waals surface area (Å²) in [6, 6.07) is 2.51. The molecule has 0 spiro atoms. The summed E-state index contributed by atoms with van der Waals surface area (Å²) in [5.41, 5.74) is 10.4. The molecule has 0 atom stereocenters. The summed E-state index contributed by atoms with van der Waals surface area (Å²) in [6.45, 7) is 1.33. The molecule has 0 heterocycles. The molecule has 0 radical (unpaired) electrons. The Labute approximate surface area is 80.3 Å². The van der Waals surface area contributed by atoms with Gasteiger partial charge in [0.15, 0.2) is 11.5 Å². The minimum atomic E-state index is -0.822. The van der Waals surface area contributed by atoms with Crippen LogP contribution in [0.25, 0.3) is 0 Å². The fraction of sp³-hybridized carbons (Fsp3) is 0.111. The van der Waals surface area contributed by atoms with Crippen LogP contribution in [-0.2, 0) is 0 Å². The van der Waals surface area contributed by atoms with E-state index in [2.05, 4.69) is 0 Å². The van der Waals surface area contributed by atoms with Crippen LogP contribution in [0.2, 0.25) is 0 Å². The van der Waals surface area contributed by atoms with Crippen molar-refractivity contribution in [3.63, 3.8) is 0 Å². The number of hydrogen-bond acceptors (Lipinski definition) is 4. The number of amides is 1. The molecule has 1 rings (SSSR count). The number of aromatic hydroxyl groups is 1. The summed E-state index contributed by atoms with van der Waals surface area (Å²) in [6.07, 6.45) is 0. The monoisotopic (exact) mass is 194 g/mol. The lowest BCUT2D eigenvalue weighted by atomic mass is 10.0. The first-order valence-corrected chi connectivity index (χ1v) is 3.86. The molecule has 1 aromatic carbocycles. The van der Waals surface area contributed by atoms with Crippen LogP contribution in [0, 0.1) is 0 Å². The van der Waals surface area contributed by atoms with Crippen LogP contribution in [0.4, 0.5) is 5.69 Å². The van der Waals surface area contributed by atoms with Gasteiger partial charge >= 0.3 is 0 Å². The van der Waals surface area contributed by atoms with Crippen LogP contribution >= 0.6 is 0 Å². The Hall–Kier alpha value is -2.04. The van der Waals surface area contributed by atoms with Gasteiger partial charge in [0.05, 0.1) is 11.3 Å². The zero-order chi connectivity index (χ0) is 10.9. The molecule has 0 bridgehead atoms. The van der Waals surface area contributed by atoms with Gasteiger partial charge in [-0.05, 0) is 19.1 Å². The summed E-state index contributed by atoms with van der Waals surface area (Å²) >= 11 is 0. The number of nitrogen functional groups attached to an aromatic ring is 1. The van der Waals surface area contributed by atoms with Crippen molar-refractivity contribution >= 4 is 17.4 Å². The summed E-state index contributed by atoms with van der Waals surface area (Å²) in [7, 11) is 0. The van der Waals surface area contributed by atoms with Crippen molar-refractivity contribution in [2.75, 3.05) is 5.73 Å². The largest absolute Gasteiger partial charge is 0.505 e. The second-order valence-electron chi connectivity index (χ2n) is 2.88. The van der Waals surface area contributed by atoms with E-state index in [0.29, 0.717) is 0 Å². The van der Waals surface area contributed by atoms with Crippen molar-refractivity contribution in [2.24, 2.45) is 5.73 Å². The number of nitrogens with two attached hydrogens (primary N) is 2. The maximum Gasteiger partial charge on any atom is 0.252 e. The molecule has 0 unspecified atom stereocenters. The molecule has 0 saturated heterocycles. The van der Waals surface area contributed by atoms with E-state index in [0.717, 1.165) is 0 Å². The summed E-state index contributed by atoms with van der Waals surface area (Å²) in [4.78, 5) is 21.8. The van der Waals surface area contributed by atoms with Crippen LogP contribution in [0.1, 0.15) is 27.6 Å².